The Morgan fingerprint density at radius 1 is 1.47 bits per heavy atom. The van der Waals surface area contributed by atoms with Crippen molar-refractivity contribution < 1.29 is 9.21 Å². The first kappa shape index (κ1) is 12.0. The standard InChI is InChI=1S/C13H15N3O3/c14-5-6-15-11(17)13(3-4-13)8-1-2-9-10(7-8)19-12(18)16-9/h1-2,7H,3-6,14H2,(H,15,17)(H,16,18). The number of amides is 1. The summed E-state index contributed by atoms with van der Waals surface area (Å²) in [5.74, 6) is -0.486. The highest BCUT2D eigenvalue weighted by Gasteiger charge is 2.51. The van der Waals surface area contributed by atoms with Crippen molar-refractivity contribution in [3.63, 3.8) is 0 Å². The zero-order valence-electron chi connectivity index (χ0n) is 10.4. The van der Waals surface area contributed by atoms with Crippen molar-refractivity contribution in [2.45, 2.75) is 18.3 Å². The van der Waals surface area contributed by atoms with E-state index < -0.39 is 11.2 Å². The second-order valence-corrected chi connectivity index (χ2v) is 4.85. The number of rotatable bonds is 4. The average molecular weight is 261 g/mol. The predicted molar refractivity (Wildman–Crippen MR) is 69.8 cm³/mol. The summed E-state index contributed by atoms with van der Waals surface area (Å²) in [4.78, 5) is 25.9. The molecule has 1 aromatic heterocycles. The van der Waals surface area contributed by atoms with Crippen molar-refractivity contribution in [1.29, 1.82) is 0 Å². The number of carbonyl (C=O) groups is 1. The minimum absolute atomic E-state index is 0.00446. The van der Waals surface area contributed by atoms with Crippen LogP contribution in [-0.2, 0) is 10.2 Å². The molecular weight excluding hydrogens is 246 g/mol. The van der Waals surface area contributed by atoms with Crippen LogP contribution in [0.2, 0.25) is 0 Å². The van der Waals surface area contributed by atoms with Crippen molar-refractivity contribution in [2.75, 3.05) is 13.1 Å². The molecule has 1 aromatic carbocycles. The van der Waals surface area contributed by atoms with Crippen molar-refractivity contribution in [2.24, 2.45) is 5.73 Å². The van der Waals surface area contributed by atoms with Gasteiger partial charge in [0.15, 0.2) is 5.58 Å². The maximum absolute atomic E-state index is 12.2. The Balaban J connectivity index is 1.94. The van der Waals surface area contributed by atoms with E-state index in [2.05, 4.69) is 10.3 Å². The molecular formula is C13H15N3O3. The van der Waals surface area contributed by atoms with E-state index in [9.17, 15) is 9.59 Å². The van der Waals surface area contributed by atoms with Gasteiger partial charge in [-0.25, -0.2) is 4.79 Å². The van der Waals surface area contributed by atoms with Gasteiger partial charge >= 0.3 is 5.76 Å². The third-order valence-corrected chi connectivity index (χ3v) is 3.59. The Morgan fingerprint density at radius 2 is 2.26 bits per heavy atom. The summed E-state index contributed by atoms with van der Waals surface area (Å²) < 4.78 is 5.03. The fraction of sp³-hybridized carbons (Fsp3) is 0.385. The van der Waals surface area contributed by atoms with Crippen LogP contribution in [0.4, 0.5) is 0 Å². The summed E-state index contributed by atoms with van der Waals surface area (Å²) in [6, 6.07) is 5.40. The van der Waals surface area contributed by atoms with E-state index in [0.717, 1.165) is 18.4 Å². The molecule has 3 rings (SSSR count). The Bertz CT molecular complexity index is 682. The topological polar surface area (TPSA) is 101 Å². The van der Waals surface area contributed by atoms with Crippen LogP contribution < -0.4 is 16.8 Å². The molecule has 0 aliphatic heterocycles. The summed E-state index contributed by atoms with van der Waals surface area (Å²) in [7, 11) is 0. The van der Waals surface area contributed by atoms with Gasteiger partial charge in [-0.15, -0.1) is 0 Å². The van der Waals surface area contributed by atoms with Crippen LogP contribution in [-0.4, -0.2) is 24.0 Å². The van der Waals surface area contributed by atoms with Gasteiger partial charge in [-0.1, -0.05) is 6.07 Å². The number of carbonyl (C=O) groups excluding carboxylic acids is 1. The molecule has 0 bridgehead atoms. The highest BCUT2D eigenvalue weighted by Crippen LogP contribution is 2.48. The summed E-state index contributed by atoms with van der Waals surface area (Å²) >= 11 is 0. The lowest BCUT2D eigenvalue weighted by Gasteiger charge is -2.15. The number of nitrogens with one attached hydrogen (secondary N) is 2. The smallest absolute Gasteiger partial charge is 0.408 e. The van der Waals surface area contributed by atoms with Gasteiger partial charge in [-0.3, -0.25) is 9.78 Å². The zero-order valence-corrected chi connectivity index (χ0v) is 10.4. The molecule has 4 N–H and O–H groups in total. The number of benzene rings is 1. The fourth-order valence-corrected chi connectivity index (χ4v) is 2.37. The molecule has 0 saturated heterocycles. The number of H-pyrrole nitrogens is 1. The number of nitrogens with two attached hydrogens (primary N) is 1. The first-order chi connectivity index (χ1) is 9.15. The molecule has 1 saturated carbocycles. The summed E-state index contributed by atoms with van der Waals surface area (Å²) in [5, 5.41) is 2.82. The molecule has 1 fully saturated rings. The Morgan fingerprint density at radius 3 is 2.95 bits per heavy atom. The van der Waals surface area contributed by atoms with Crippen molar-refractivity contribution in [3.05, 3.63) is 34.3 Å². The fourth-order valence-electron chi connectivity index (χ4n) is 2.37. The second kappa shape index (κ2) is 4.24. The largest absolute Gasteiger partial charge is 0.417 e. The molecule has 6 heteroatoms. The molecule has 0 atom stereocenters. The van der Waals surface area contributed by atoms with Crippen LogP contribution in [0.15, 0.2) is 27.4 Å². The molecule has 0 unspecified atom stereocenters. The lowest BCUT2D eigenvalue weighted by molar-refractivity contribution is -0.123. The molecule has 6 nitrogen and oxygen atoms in total. The molecule has 1 amide bonds. The quantitative estimate of drug-likeness (QED) is 0.733. The van der Waals surface area contributed by atoms with Gasteiger partial charge in [0, 0.05) is 13.1 Å². The minimum Gasteiger partial charge on any atom is -0.408 e. The molecule has 2 aromatic rings. The summed E-state index contributed by atoms with van der Waals surface area (Å²) in [6.07, 6.45) is 1.62. The predicted octanol–water partition coefficient (Wildman–Crippen LogP) is 0.228. The van der Waals surface area contributed by atoms with Crippen LogP contribution in [0.3, 0.4) is 0 Å². The van der Waals surface area contributed by atoms with Gasteiger partial charge in [0.25, 0.3) is 0 Å². The number of aromatic nitrogens is 1. The Labute approximate surface area is 109 Å². The number of aromatic amines is 1. The maximum atomic E-state index is 12.2. The third kappa shape index (κ3) is 1.94. The number of hydrogen-bond acceptors (Lipinski definition) is 4. The maximum Gasteiger partial charge on any atom is 0.417 e. The molecule has 1 aliphatic carbocycles. The highest BCUT2D eigenvalue weighted by molar-refractivity contribution is 5.92. The molecule has 19 heavy (non-hydrogen) atoms. The zero-order chi connectivity index (χ0) is 13.5. The van der Waals surface area contributed by atoms with Crippen molar-refractivity contribution >= 4 is 17.0 Å². The van der Waals surface area contributed by atoms with Crippen LogP contribution in [0.5, 0.6) is 0 Å². The van der Waals surface area contributed by atoms with Gasteiger partial charge in [-0.05, 0) is 30.5 Å². The van der Waals surface area contributed by atoms with Crippen LogP contribution in [0.25, 0.3) is 11.1 Å². The number of hydrogen-bond donors (Lipinski definition) is 3. The van der Waals surface area contributed by atoms with E-state index in [0.29, 0.717) is 24.2 Å². The molecule has 0 spiro atoms. The summed E-state index contributed by atoms with van der Waals surface area (Å²) in [5.41, 5.74) is 6.93. The molecule has 1 heterocycles. The minimum atomic E-state index is -0.482. The molecule has 100 valence electrons. The monoisotopic (exact) mass is 261 g/mol. The normalized spacial score (nSPS) is 16.5. The van der Waals surface area contributed by atoms with Crippen LogP contribution in [0, 0.1) is 0 Å². The van der Waals surface area contributed by atoms with Crippen LogP contribution in [0.1, 0.15) is 18.4 Å². The lowest BCUT2D eigenvalue weighted by atomic mass is 9.94. The SMILES string of the molecule is NCCNC(=O)C1(c2ccc3[nH]c(=O)oc3c2)CC1. The van der Waals surface area contributed by atoms with E-state index in [1.165, 1.54) is 0 Å². The number of oxazole rings is 1. The first-order valence-corrected chi connectivity index (χ1v) is 6.27. The van der Waals surface area contributed by atoms with Gasteiger partial charge in [0.1, 0.15) is 0 Å². The van der Waals surface area contributed by atoms with Gasteiger partial charge < -0.3 is 15.5 Å². The van der Waals surface area contributed by atoms with E-state index in [4.69, 9.17) is 10.2 Å². The highest BCUT2D eigenvalue weighted by atomic mass is 16.4. The second-order valence-electron chi connectivity index (χ2n) is 4.85. The van der Waals surface area contributed by atoms with E-state index in [1.807, 2.05) is 6.07 Å². The first-order valence-electron chi connectivity index (χ1n) is 6.27. The molecule has 1 aliphatic rings. The third-order valence-electron chi connectivity index (χ3n) is 3.59. The summed E-state index contributed by atoms with van der Waals surface area (Å²) in [6.45, 7) is 0.898. The van der Waals surface area contributed by atoms with E-state index >= 15 is 0 Å². The Hall–Kier alpha value is -2.08. The van der Waals surface area contributed by atoms with Crippen LogP contribution >= 0.6 is 0 Å². The van der Waals surface area contributed by atoms with E-state index in [1.54, 1.807) is 12.1 Å². The van der Waals surface area contributed by atoms with E-state index in [-0.39, 0.29) is 5.91 Å². The van der Waals surface area contributed by atoms with Gasteiger partial charge in [-0.2, -0.15) is 0 Å². The van der Waals surface area contributed by atoms with Gasteiger partial charge in [0.05, 0.1) is 10.9 Å². The molecule has 0 radical (unpaired) electrons. The lowest BCUT2D eigenvalue weighted by Crippen LogP contribution is -2.37. The van der Waals surface area contributed by atoms with Crippen molar-refractivity contribution in [3.8, 4) is 0 Å². The Kier molecular flexibility index (Phi) is 2.67. The number of fused-ring (bicyclic) bond motifs is 1. The average Bonchev–Trinajstić information content (AvgIpc) is 3.12. The van der Waals surface area contributed by atoms with Crippen molar-refractivity contribution in [1.82, 2.24) is 10.3 Å². The van der Waals surface area contributed by atoms with Gasteiger partial charge in [0.2, 0.25) is 5.91 Å².